The molecule has 0 spiro atoms. The van der Waals surface area contributed by atoms with Crippen LogP contribution in [0, 0.1) is 35.0 Å². The van der Waals surface area contributed by atoms with Gasteiger partial charge in [0.05, 0.1) is 28.9 Å². The van der Waals surface area contributed by atoms with E-state index in [1.54, 1.807) is 12.4 Å². The van der Waals surface area contributed by atoms with E-state index in [1.807, 2.05) is 24.8 Å². The molecular weight excluding hydrogens is 514 g/mol. The number of rotatable bonds is 6. The third-order valence-corrected chi connectivity index (χ3v) is 15.1. The number of hydrogen-bond acceptors (Lipinski definition) is 4. The predicted molar refractivity (Wildman–Crippen MR) is 166 cm³/mol. The van der Waals surface area contributed by atoms with Crippen molar-refractivity contribution in [3.8, 4) is 0 Å². The molecule has 4 saturated carbocycles. The standard InChI is InChI=1S/C33H46N4P2/c1-31(2,3)26-16-25(20-39(32(4,5)6)30-23-12-21-11-22(14-23)15-24(30)13-21)27(17-26)33(38,28-18-34-7-9-36-28)29-19-35-8-10-37-29/h7-10,16-19,21-25,30H,11-15,20,38H2,1-6H3. The van der Waals surface area contributed by atoms with Crippen molar-refractivity contribution in [2.75, 3.05) is 6.16 Å². The third kappa shape index (κ3) is 5.08. The normalized spacial score (nSPS) is 31.3. The van der Waals surface area contributed by atoms with E-state index in [-0.39, 0.29) is 13.3 Å². The largest absolute Gasteiger partial charge is 0.261 e. The summed E-state index contributed by atoms with van der Waals surface area (Å²) in [5.41, 5.74) is 5.64. The summed E-state index contributed by atoms with van der Waals surface area (Å²) in [6.07, 6.45) is 24.8. The van der Waals surface area contributed by atoms with Gasteiger partial charge in [-0.2, -0.15) is 0 Å². The molecular formula is C33H46N4P2. The van der Waals surface area contributed by atoms with E-state index >= 15 is 0 Å². The molecule has 6 heteroatoms. The molecule has 0 aromatic carbocycles. The number of nitrogens with zero attached hydrogens (tertiary/aromatic N) is 4. The Morgan fingerprint density at radius 1 is 0.795 bits per heavy atom. The molecule has 39 heavy (non-hydrogen) atoms. The van der Waals surface area contributed by atoms with Crippen LogP contribution in [0.2, 0.25) is 0 Å². The molecule has 4 fully saturated rings. The summed E-state index contributed by atoms with van der Waals surface area (Å²) in [7, 11) is 2.98. The Hall–Kier alpha value is -1.50. The van der Waals surface area contributed by atoms with Crippen LogP contribution in [0.4, 0.5) is 0 Å². The van der Waals surface area contributed by atoms with Crippen molar-refractivity contribution in [3.05, 3.63) is 71.9 Å². The van der Waals surface area contributed by atoms with Crippen molar-refractivity contribution < 1.29 is 0 Å². The summed E-state index contributed by atoms with van der Waals surface area (Å²) in [5.74, 6) is 4.29. The van der Waals surface area contributed by atoms with Crippen LogP contribution in [-0.4, -0.2) is 36.9 Å². The Morgan fingerprint density at radius 3 is 1.77 bits per heavy atom. The fourth-order valence-corrected chi connectivity index (χ4v) is 13.1. The highest BCUT2D eigenvalue weighted by molar-refractivity contribution is 7.60. The van der Waals surface area contributed by atoms with Gasteiger partial charge in [-0.15, -0.1) is 9.24 Å². The van der Waals surface area contributed by atoms with E-state index in [0.717, 1.165) is 40.7 Å². The summed E-state index contributed by atoms with van der Waals surface area (Å²) in [4.78, 5) is 18.7. The van der Waals surface area contributed by atoms with Gasteiger partial charge in [0, 0.05) is 30.7 Å². The summed E-state index contributed by atoms with van der Waals surface area (Å²) in [5, 5.41) is -0.249. The maximum absolute atomic E-state index is 4.86. The predicted octanol–water partition coefficient (Wildman–Crippen LogP) is 8.02. The van der Waals surface area contributed by atoms with Crippen LogP contribution >= 0.6 is 17.2 Å². The lowest BCUT2D eigenvalue weighted by molar-refractivity contribution is 0.0242. The number of aromatic nitrogens is 4. The fraction of sp³-hybridized carbons (Fsp3) is 0.636. The summed E-state index contributed by atoms with van der Waals surface area (Å²) >= 11 is 0. The number of hydrogen-bond donors (Lipinski definition) is 0. The zero-order valence-corrected chi connectivity index (χ0v) is 26.7. The first-order chi connectivity index (χ1) is 18.4. The zero-order chi connectivity index (χ0) is 27.6. The summed E-state index contributed by atoms with van der Waals surface area (Å²) in [6.45, 7) is 14.6. The minimum atomic E-state index is -0.570. The van der Waals surface area contributed by atoms with Crippen LogP contribution < -0.4 is 0 Å². The molecule has 5 aliphatic carbocycles. The lowest BCUT2D eigenvalue weighted by Crippen LogP contribution is -2.49. The van der Waals surface area contributed by atoms with Gasteiger partial charge >= 0.3 is 0 Å². The first-order valence-corrected chi connectivity index (χ1v) is 17.1. The molecule has 7 rings (SSSR count). The smallest absolute Gasteiger partial charge is 0.0933 e. The quantitative estimate of drug-likeness (QED) is 0.336. The van der Waals surface area contributed by atoms with Crippen LogP contribution in [-0.2, 0) is 5.16 Å². The molecule has 2 aromatic rings. The number of allylic oxidation sites excluding steroid dienone is 4. The Bertz CT molecular complexity index is 1170. The van der Waals surface area contributed by atoms with E-state index in [1.165, 1.54) is 49.4 Å². The van der Waals surface area contributed by atoms with Crippen LogP contribution in [0.25, 0.3) is 0 Å². The van der Waals surface area contributed by atoms with Gasteiger partial charge in [0.2, 0.25) is 0 Å². The molecule has 0 aliphatic heterocycles. The van der Waals surface area contributed by atoms with Crippen molar-refractivity contribution in [1.82, 2.24) is 19.9 Å². The van der Waals surface area contributed by atoms with Crippen molar-refractivity contribution in [2.45, 2.75) is 89.6 Å². The van der Waals surface area contributed by atoms with Crippen LogP contribution in [0.15, 0.2) is 60.5 Å². The molecule has 208 valence electrons. The van der Waals surface area contributed by atoms with Gasteiger partial charge in [-0.25, -0.2) is 0 Å². The van der Waals surface area contributed by atoms with Gasteiger partial charge in [-0.3, -0.25) is 19.9 Å². The summed E-state index contributed by atoms with van der Waals surface area (Å²) in [6, 6.07) is 0. The van der Waals surface area contributed by atoms with E-state index in [0.29, 0.717) is 11.1 Å². The van der Waals surface area contributed by atoms with Gasteiger partial charge < -0.3 is 0 Å². The Labute approximate surface area is 239 Å². The van der Waals surface area contributed by atoms with Crippen LogP contribution in [0.3, 0.4) is 0 Å². The first kappa shape index (κ1) is 27.7. The van der Waals surface area contributed by atoms with E-state index in [9.17, 15) is 0 Å². The lowest BCUT2D eigenvalue weighted by Gasteiger charge is -2.59. The highest BCUT2D eigenvalue weighted by Gasteiger charge is 2.53. The maximum atomic E-state index is 4.86. The molecule has 3 unspecified atom stereocenters. The van der Waals surface area contributed by atoms with Gasteiger partial charge in [0.1, 0.15) is 0 Å². The lowest BCUT2D eigenvalue weighted by atomic mass is 9.56. The van der Waals surface area contributed by atoms with Gasteiger partial charge in [0.25, 0.3) is 0 Å². The van der Waals surface area contributed by atoms with Crippen molar-refractivity contribution >= 4 is 17.2 Å². The average molecular weight is 561 g/mol. The van der Waals surface area contributed by atoms with Gasteiger partial charge in [-0.05, 0) is 89.3 Å². The first-order valence-electron chi connectivity index (χ1n) is 15.0. The zero-order valence-electron chi connectivity index (χ0n) is 24.6. The minimum absolute atomic E-state index is 0.0728. The molecule has 5 aliphatic rings. The van der Waals surface area contributed by atoms with Crippen LogP contribution in [0.1, 0.15) is 85.0 Å². The van der Waals surface area contributed by atoms with Gasteiger partial charge in [0.15, 0.2) is 0 Å². The monoisotopic (exact) mass is 560 g/mol. The third-order valence-electron chi connectivity index (χ3n) is 10.1. The van der Waals surface area contributed by atoms with Crippen LogP contribution in [0.5, 0.6) is 0 Å². The minimum Gasteiger partial charge on any atom is -0.261 e. The SMILES string of the molecule is CC(C)(C)C1=CC(CP(C2C3CC4CC(C3)CC2C4)C(C)(C)C)C(C(P)(c2cnccn2)c2cnccn2)=C1. The summed E-state index contributed by atoms with van der Waals surface area (Å²) < 4.78 is 0. The molecule has 2 heterocycles. The molecule has 4 nitrogen and oxygen atoms in total. The van der Waals surface area contributed by atoms with E-state index < -0.39 is 5.16 Å². The van der Waals surface area contributed by atoms with E-state index in [2.05, 4.69) is 72.9 Å². The van der Waals surface area contributed by atoms with Crippen molar-refractivity contribution in [2.24, 2.45) is 35.0 Å². The molecule has 0 radical (unpaired) electrons. The van der Waals surface area contributed by atoms with Crippen molar-refractivity contribution in [1.29, 1.82) is 0 Å². The van der Waals surface area contributed by atoms with Crippen molar-refractivity contribution in [3.63, 3.8) is 0 Å². The fourth-order valence-electron chi connectivity index (χ4n) is 8.55. The Morgan fingerprint density at radius 2 is 1.33 bits per heavy atom. The average Bonchev–Trinajstić information content (AvgIpc) is 3.33. The molecule has 2 aromatic heterocycles. The van der Waals surface area contributed by atoms with Gasteiger partial charge in [-0.1, -0.05) is 61.6 Å². The second-order valence-electron chi connectivity index (χ2n) is 14.8. The Balaban J connectivity index is 1.43. The highest BCUT2D eigenvalue weighted by Crippen LogP contribution is 2.69. The Kier molecular flexibility index (Phi) is 7.16. The second-order valence-corrected chi connectivity index (χ2v) is 18.9. The molecule has 0 amide bonds. The topological polar surface area (TPSA) is 51.6 Å². The molecule has 0 N–H and O–H groups in total. The molecule has 3 atom stereocenters. The highest BCUT2D eigenvalue weighted by atomic mass is 31.1. The molecule has 4 bridgehead atoms. The van der Waals surface area contributed by atoms with E-state index in [4.69, 9.17) is 9.97 Å². The molecule has 0 saturated heterocycles. The second kappa shape index (κ2) is 10.1. The maximum Gasteiger partial charge on any atom is 0.0933 e.